The molecular formula is C26H32FN5O. The molecule has 2 aromatic carbocycles. The summed E-state index contributed by atoms with van der Waals surface area (Å²) in [5.41, 5.74) is 3.09. The molecule has 1 saturated heterocycles. The number of nitrogens with zero attached hydrogens (tertiary/aromatic N) is 3. The Balaban J connectivity index is 1.39. The summed E-state index contributed by atoms with van der Waals surface area (Å²) >= 11 is 0. The van der Waals surface area contributed by atoms with Crippen LogP contribution in [0.15, 0.2) is 72.0 Å². The highest BCUT2D eigenvalue weighted by Crippen LogP contribution is 2.35. The van der Waals surface area contributed by atoms with Crippen molar-refractivity contribution in [3.05, 3.63) is 83.9 Å². The molecule has 1 fully saturated rings. The molecule has 1 aromatic heterocycles. The minimum Gasteiger partial charge on any atom is -0.381 e. The van der Waals surface area contributed by atoms with Gasteiger partial charge in [-0.15, -0.1) is 0 Å². The Labute approximate surface area is 194 Å². The fraction of sp³-hybridized carbons (Fsp3) is 0.385. The van der Waals surface area contributed by atoms with E-state index in [9.17, 15) is 4.39 Å². The first-order valence-electron chi connectivity index (χ1n) is 11.6. The monoisotopic (exact) mass is 449 g/mol. The number of nitrogens with one attached hydrogen (secondary N) is 2. The van der Waals surface area contributed by atoms with Gasteiger partial charge in [0.1, 0.15) is 5.82 Å². The van der Waals surface area contributed by atoms with Crippen LogP contribution in [0.2, 0.25) is 0 Å². The Morgan fingerprint density at radius 2 is 1.94 bits per heavy atom. The van der Waals surface area contributed by atoms with Crippen molar-refractivity contribution < 1.29 is 9.13 Å². The summed E-state index contributed by atoms with van der Waals surface area (Å²) < 4.78 is 21.4. The molecule has 0 atom stereocenters. The number of ether oxygens (including phenoxy) is 1. The van der Waals surface area contributed by atoms with E-state index in [0.717, 1.165) is 49.6 Å². The Hall–Kier alpha value is -3.19. The third-order valence-electron chi connectivity index (χ3n) is 6.18. The standard InChI is InChI=1S/C26H32FN5O/c1-2-28-25(29-15-11-21-7-9-24(10-8-21)32-16-4-14-31-32)30-20-26(12-17-33-18-13-26)22-5-3-6-23(27)19-22/h3-10,14,16,19H,2,11-13,15,17-18,20H2,1H3,(H2,28,29,30). The van der Waals surface area contributed by atoms with Crippen molar-refractivity contribution in [2.45, 2.75) is 31.6 Å². The van der Waals surface area contributed by atoms with Crippen LogP contribution >= 0.6 is 0 Å². The number of hydrogen-bond donors (Lipinski definition) is 2. The van der Waals surface area contributed by atoms with Crippen LogP contribution in [0.5, 0.6) is 0 Å². The van der Waals surface area contributed by atoms with Gasteiger partial charge in [-0.05, 0) is 67.6 Å². The lowest BCUT2D eigenvalue weighted by Gasteiger charge is -2.36. The van der Waals surface area contributed by atoms with Crippen molar-refractivity contribution in [1.29, 1.82) is 0 Å². The molecule has 4 rings (SSSR count). The van der Waals surface area contributed by atoms with E-state index in [2.05, 4.69) is 46.9 Å². The van der Waals surface area contributed by atoms with Crippen LogP contribution in [0.3, 0.4) is 0 Å². The van der Waals surface area contributed by atoms with E-state index in [4.69, 9.17) is 9.73 Å². The molecule has 7 heteroatoms. The fourth-order valence-electron chi connectivity index (χ4n) is 4.25. The van der Waals surface area contributed by atoms with E-state index in [1.807, 2.05) is 23.0 Å². The second-order valence-corrected chi connectivity index (χ2v) is 8.39. The highest BCUT2D eigenvalue weighted by molar-refractivity contribution is 5.79. The van der Waals surface area contributed by atoms with E-state index >= 15 is 0 Å². The normalized spacial score (nSPS) is 15.9. The van der Waals surface area contributed by atoms with Gasteiger partial charge in [0.05, 0.1) is 12.2 Å². The van der Waals surface area contributed by atoms with E-state index in [-0.39, 0.29) is 11.2 Å². The lowest BCUT2D eigenvalue weighted by molar-refractivity contribution is 0.0530. The van der Waals surface area contributed by atoms with E-state index < -0.39 is 0 Å². The molecular weight excluding hydrogens is 417 g/mol. The first kappa shape index (κ1) is 23.0. The smallest absolute Gasteiger partial charge is 0.191 e. The quantitative estimate of drug-likeness (QED) is 0.405. The third-order valence-corrected chi connectivity index (χ3v) is 6.18. The predicted molar refractivity (Wildman–Crippen MR) is 129 cm³/mol. The van der Waals surface area contributed by atoms with Gasteiger partial charge < -0.3 is 15.4 Å². The van der Waals surface area contributed by atoms with Crippen molar-refractivity contribution in [2.75, 3.05) is 32.8 Å². The van der Waals surface area contributed by atoms with E-state index in [1.54, 1.807) is 18.3 Å². The molecule has 0 spiro atoms. The van der Waals surface area contributed by atoms with Crippen LogP contribution in [-0.2, 0) is 16.6 Å². The molecule has 2 N–H and O–H groups in total. The summed E-state index contributed by atoms with van der Waals surface area (Å²) in [5.74, 6) is 0.582. The molecule has 1 aliphatic heterocycles. The molecule has 174 valence electrons. The molecule has 33 heavy (non-hydrogen) atoms. The van der Waals surface area contributed by atoms with Gasteiger partial charge in [0, 0.05) is 44.1 Å². The Morgan fingerprint density at radius 1 is 1.12 bits per heavy atom. The van der Waals surface area contributed by atoms with Crippen molar-refractivity contribution in [1.82, 2.24) is 20.4 Å². The number of aromatic nitrogens is 2. The highest BCUT2D eigenvalue weighted by Gasteiger charge is 2.34. The Bertz CT molecular complexity index is 1030. The molecule has 0 aliphatic carbocycles. The lowest BCUT2D eigenvalue weighted by Crippen LogP contribution is -2.41. The number of hydrogen-bond acceptors (Lipinski definition) is 3. The maximum Gasteiger partial charge on any atom is 0.191 e. The SMILES string of the molecule is CCNC(=NCC1(c2cccc(F)c2)CCOCC1)NCCc1ccc(-n2cccn2)cc1. The molecule has 1 aliphatic rings. The summed E-state index contributed by atoms with van der Waals surface area (Å²) in [6.07, 6.45) is 6.26. The van der Waals surface area contributed by atoms with Crippen LogP contribution in [0.1, 0.15) is 30.9 Å². The minimum atomic E-state index is -0.203. The van der Waals surface area contributed by atoms with Gasteiger partial charge in [-0.25, -0.2) is 9.07 Å². The van der Waals surface area contributed by atoms with Gasteiger partial charge in [-0.1, -0.05) is 24.3 Å². The predicted octanol–water partition coefficient (Wildman–Crippen LogP) is 3.86. The number of benzene rings is 2. The Kier molecular flexibility index (Phi) is 7.73. The minimum absolute atomic E-state index is 0.203. The first-order valence-corrected chi connectivity index (χ1v) is 11.6. The maximum atomic E-state index is 13.9. The molecule has 0 saturated carbocycles. The number of guanidine groups is 1. The van der Waals surface area contributed by atoms with Gasteiger partial charge in [-0.2, -0.15) is 5.10 Å². The zero-order valence-electron chi connectivity index (χ0n) is 19.1. The topological polar surface area (TPSA) is 63.5 Å². The van der Waals surface area contributed by atoms with E-state index in [0.29, 0.717) is 19.8 Å². The van der Waals surface area contributed by atoms with Gasteiger partial charge in [0.25, 0.3) is 0 Å². The summed E-state index contributed by atoms with van der Waals surface area (Å²) in [4.78, 5) is 4.90. The highest BCUT2D eigenvalue weighted by atomic mass is 19.1. The molecule has 0 radical (unpaired) electrons. The van der Waals surface area contributed by atoms with Crippen LogP contribution in [-0.4, -0.2) is 48.6 Å². The maximum absolute atomic E-state index is 13.9. The average molecular weight is 450 g/mol. The molecule has 2 heterocycles. The second kappa shape index (κ2) is 11.1. The number of rotatable bonds is 8. The zero-order chi connectivity index (χ0) is 22.9. The van der Waals surface area contributed by atoms with E-state index in [1.165, 1.54) is 11.6 Å². The third kappa shape index (κ3) is 5.99. The van der Waals surface area contributed by atoms with Crippen molar-refractivity contribution >= 4 is 5.96 Å². The van der Waals surface area contributed by atoms with Crippen LogP contribution in [0, 0.1) is 5.82 Å². The van der Waals surface area contributed by atoms with Crippen molar-refractivity contribution in [3.8, 4) is 5.69 Å². The molecule has 3 aromatic rings. The first-order chi connectivity index (χ1) is 16.2. The van der Waals surface area contributed by atoms with Crippen LogP contribution < -0.4 is 10.6 Å². The van der Waals surface area contributed by atoms with Crippen molar-refractivity contribution in [3.63, 3.8) is 0 Å². The lowest BCUT2D eigenvalue weighted by atomic mass is 9.74. The van der Waals surface area contributed by atoms with Gasteiger partial charge >= 0.3 is 0 Å². The second-order valence-electron chi connectivity index (χ2n) is 8.39. The zero-order valence-corrected chi connectivity index (χ0v) is 19.1. The fourth-order valence-corrected chi connectivity index (χ4v) is 4.25. The van der Waals surface area contributed by atoms with Crippen LogP contribution in [0.25, 0.3) is 5.69 Å². The van der Waals surface area contributed by atoms with Gasteiger partial charge in [0.15, 0.2) is 5.96 Å². The summed E-state index contributed by atoms with van der Waals surface area (Å²) in [6, 6.07) is 17.3. The molecule has 6 nitrogen and oxygen atoms in total. The molecule has 0 bridgehead atoms. The largest absolute Gasteiger partial charge is 0.381 e. The number of aliphatic imine (C=N–C) groups is 1. The summed E-state index contributed by atoms with van der Waals surface area (Å²) in [7, 11) is 0. The van der Waals surface area contributed by atoms with Crippen molar-refractivity contribution in [2.24, 2.45) is 4.99 Å². The molecule has 0 amide bonds. The van der Waals surface area contributed by atoms with Gasteiger partial charge in [-0.3, -0.25) is 4.99 Å². The van der Waals surface area contributed by atoms with Crippen LogP contribution in [0.4, 0.5) is 4.39 Å². The summed E-state index contributed by atoms with van der Waals surface area (Å²) in [6.45, 7) is 5.54. The molecule has 0 unspecified atom stereocenters. The summed E-state index contributed by atoms with van der Waals surface area (Å²) in [5, 5.41) is 11.0. The average Bonchev–Trinajstić information content (AvgIpc) is 3.39. The number of halogens is 1. The Morgan fingerprint density at radius 3 is 2.64 bits per heavy atom. The van der Waals surface area contributed by atoms with Gasteiger partial charge in [0.2, 0.25) is 0 Å².